The number of carboxylic acids is 1. The summed E-state index contributed by atoms with van der Waals surface area (Å²) in [7, 11) is -3.75. The predicted octanol–water partition coefficient (Wildman–Crippen LogP) is 1.47. The Balaban J connectivity index is 2.33. The molecule has 0 bridgehead atoms. The van der Waals surface area contributed by atoms with E-state index in [-0.39, 0.29) is 10.3 Å². The van der Waals surface area contributed by atoms with Gasteiger partial charge >= 0.3 is 5.97 Å². The molecule has 6 nitrogen and oxygen atoms in total. The number of hydrogen-bond acceptors (Lipinski definition) is 5. The van der Waals surface area contributed by atoms with Crippen molar-refractivity contribution in [2.24, 2.45) is 0 Å². The van der Waals surface area contributed by atoms with Crippen LogP contribution in [0, 0.1) is 6.92 Å². The molecule has 0 atom stereocenters. The molecule has 8 heteroatoms. The molecule has 0 aliphatic heterocycles. The van der Waals surface area contributed by atoms with Crippen molar-refractivity contribution in [3.05, 3.63) is 11.2 Å². The van der Waals surface area contributed by atoms with Crippen molar-refractivity contribution in [3.63, 3.8) is 0 Å². The van der Waals surface area contributed by atoms with E-state index in [9.17, 15) is 13.2 Å². The van der Waals surface area contributed by atoms with Crippen molar-refractivity contribution in [3.8, 4) is 0 Å². The fourth-order valence-corrected chi connectivity index (χ4v) is 5.19. The molecule has 0 spiro atoms. The third-order valence-corrected chi connectivity index (χ3v) is 6.43. The Labute approximate surface area is 116 Å². The summed E-state index contributed by atoms with van der Waals surface area (Å²) in [6.45, 7) is 1.24. The summed E-state index contributed by atoms with van der Waals surface area (Å²) < 4.78 is 26.2. The first kappa shape index (κ1) is 14.4. The van der Waals surface area contributed by atoms with Crippen molar-refractivity contribution < 1.29 is 18.3 Å². The van der Waals surface area contributed by atoms with Crippen LogP contribution in [0.2, 0.25) is 0 Å². The van der Waals surface area contributed by atoms with E-state index in [0.29, 0.717) is 5.01 Å². The zero-order valence-corrected chi connectivity index (χ0v) is 12.2. The van der Waals surface area contributed by atoms with Gasteiger partial charge in [-0.15, -0.1) is 11.3 Å². The molecule has 106 valence electrons. The van der Waals surface area contributed by atoms with Gasteiger partial charge in [-0.05, 0) is 19.8 Å². The van der Waals surface area contributed by atoms with Gasteiger partial charge in [0.1, 0.15) is 6.54 Å². The number of carbonyl (C=O) groups is 1. The van der Waals surface area contributed by atoms with Gasteiger partial charge in [0.2, 0.25) is 0 Å². The summed E-state index contributed by atoms with van der Waals surface area (Å²) in [5, 5.41) is 9.59. The highest BCUT2D eigenvalue weighted by Crippen LogP contribution is 2.30. The number of sulfonamides is 1. The first-order valence-corrected chi connectivity index (χ1v) is 8.33. The van der Waals surface area contributed by atoms with Gasteiger partial charge in [-0.1, -0.05) is 12.8 Å². The van der Waals surface area contributed by atoms with Gasteiger partial charge in [0.15, 0.2) is 4.21 Å². The highest BCUT2D eigenvalue weighted by Gasteiger charge is 2.35. The molecule has 1 aliphatic rings. The Morgan fingerprint density at radius 3 is 2.63 bits per heavy atom. The third kappa shape index (κ3) is 3.13. The molecule has 0 unspecified atom stereocenters. The number of rotatable bonds is 5. The summed E-state index contributed by atoms with van der Waals surface area (Å²) in [6, 6.07) is -0.205. The first-order valence-electron chi connectivity index (χ1n) is 6.07. The third-order valence-electron chi connectivity index (χ3n) is 3.19. The molecule has 1 fully saturated rings. The fourth-order valence-electron chi connectivity index (χ4n) is 2.31. The Hall–Kier alpha value is -0.990. The average Bonchev–Trinajstić information content (AvgIpc) is 2.96. The van der Waals surface area contributed by atoms with E-state index < -0.39 is 22.5 Å². The minimum absolute atomic E-state index is 0.123. The lowest BCUT2D eigenvalue weighted by molar-refractivity contribution is -0.137. The largest absolute Gasteiger partial charge is 0.480 e. The SMILES string of the molecule is Cc1ncc(S(=O)(=O)N(CC(=O)O)C2CCCC2)s1. The van der Waals surface area contributed by atoms with E-state index in [4.69, 9.17) is 5.11 Å². The van der Waals surface area contributed by atoms with Crippen LogP contribution >= 0.6 is 11.3 Å². The standard InChI is InChI=1S/C11H16N2O4S2/c1-8-12-6-11(18-8)19(16,17)13(7-10(14)15)9-4-2-3-5-9/h6,9H,2-5,7H2,1H3,(H,14,15). The van der Waals surface area contributed by atoms with Crippen molar-refractivity contribution in [2.45, 2.75) is 42.9 Å². The van der Waals surface area contributed by atoms with Crippen LogP contribution in [0.3, 0.4) is 0 Å². The normalized spacial score (nSPS) is 17.2. The molecule has 0 radical (unpaired) electrons. The van der Waals surface area contributed by atoms with Crippen LogP contribution in [-0.2, 0) is 14.8 Å². The van der Waals surface area contributed by atoms with Crippen LogP contribution < -0.4 is 0 Å². The number of carboxylic acid groups (broad SMARTS) is 1. The summed E-state index contributed by atoms with van der Waals surface area (Å²) in [6.07, 6.45) is 4.64. The summed E-state index contributed by atoms with van der Waals surface area (Å²) in [5.41, 5.74) is 0. The van der Waals surface area contributed by atoms with Crippen LogP contribution in [0.25, 0.3) is 0 Å². The molecule has 0 saturated heterocycles. The van der Waals surface area contributed by atoms with Crippen LogP contribution in [0.4, 0.5) is 0 Å². The zero-order valence-electron chi connectivity index (χ0n) is 10.6. The van der Waals surface area contributed by atoms with E-state index in [1.165, 1.54) is 6.20 Å². The van der Waals surface area contributed by atoms with Gasteiger partial charge in [-0.25, -0.2) is 13.4 Å². The summed E-state index contributed by atoms with van der Waals surface area (Å²) >= 11 is 1.08. The van der Waals surface area contributed by atoms with Crippen LogP contribution in [0.1, 0.15) is 30.7 Å². The smallest absolute Gasteiger partial charge is 0.318 e. The van der Waals surface area contributed by atoms with Crippen molar-refractivity contribution in [1.29, 1.82) is 0 Å². The maximum Gasteiger partial charge on any atom is 0.318 e. The monoisotopic (exact) mass is 304 g/mol. The molecule has 1 aromatic rings. The average molecular weight is 304 g/mol. The maximum absolute atomic E-state index is 12.5. The lowest BCUT2D eigenvalue weighted by Gasteiger charge is -2.25. The Morgan fingerprint density at radius 1 is 1.53 bits per heavy atom. The molecule has 1 aromatic heterocycles. The lowest BCUT2D eigenvalue weighted by Crippen LogP contribution is -2.41. The zero-order chi connectivity index (χ0) is 14.0. The highest BCUT2D eigenvalue weighted by molar-refractivity contribution is 7.91. The Bertz CT molecular complexity index is 561. The van der Waals surface area contributed by atoms with Gasteiger partial charge in [0, 0.05) is 6.04 Å². The van der Waals surface area contributed by atoms with E-state index in [0.717, 1.165) is 41.3 Å². The first-order chi connectivity index (χ1) is 8.91. The minimum Gasteiger partial charge on any atom is -0.480 e. The van der Waals surface area contributed by atoms with Crippen LogP contribution in [0.5, 0.6) is 0 Å². The van der Waals surface area contributed by atoms with E-state index in [1.807, 2.05) is 0 Å². The molecule has 2 rings (SSSR count). The van der Waals surface area contributed by atoms with Gasteiger partial charge in [0.25, 0.3) is 10.0 Å². The van der Waals surface area contributed by atoms with E-state index >= 15 is 0 Å². The fraction of sp³-hybridized carbons (Fsp3) is 0.636. The Kier molecular flexibility index (Phi) is 4.22. The van der Waals surface area contributed by atoms with Crippen molar-refractivity contribution in [1.82, 2.24) is 9.29 Å². The maximum atomic E-state index is 12.5. The molecule has 1 heterocycles. The lowest BCUT2D eigenvalue weighted by atomic mass is 10.2. The van der Waals surface area contributed by atoms with E-state index in [1.54, 1.807) is 6.92 Å². The van der Waals surface area contributed by atoms with Gasteiger partial charge in [0.05, 0.1) is 11.2 Å². The van der Waals surface area contributed by atoms with Gasteiger partial charge in [-0.3, -0.25) is 4.79 Å². The molecule has 0 aromatic carbocycles. The van der Waals surface area contributed by atoms with Gasteiger partial charge in [-0.2, -0.15) is 4.31 Å². The molecule has 19 heavy (non-hydrogen) atoms. The van der Waals surface area contributed by atoms with Crippen molar-refractivity contribution >= 4 is 27.3 Å². The predicted molar refractivity (Wildman–Crippen MR) is 70.6 cm³/mol. The number of aryl methyl sites for hydroxylation is 1. The Morgan fingerprint density at radius 2 is 2.16 bits per heavy atom. The highest BCUT2D eigenvalue weighted by atomic mass is 32.2. The summed E-state index contributed by atoms with van der Waals surface area (Å²) in [4.78, 5) is 14.9. The van der Waals surface area contributed by atoms with E-state index in [2.05, 4.69) is 4.98 Å². The molecule has 1 saturated carbocycles. The van der Waals surface area contributed by atoms with Crippen LogP contribution in [0.15, 0.2) is 10.4 Å². The molecule has 0 amide bonds. The topological polar surface area (TPSA) is 87.6 Å². The molecule has 1 aliphatic carbocycles. The number of nitrogens with zero attached hydrogens (tertiary/aromatic N) is 2. The second-order valence-electron chi connectivity index (χ2n) is 4.58. The van der Waals surface area contributed by atoms with Gasteiger partial charge < -0.3 is 5.11 Å². The molecule has 1 N–H and O–H groups in total. The minimum atomic E-state index is -3.75. The number of thiazole rings is 1. The van der Waals surface area contributed by atoms with Crippen molar-refractivity contribution in [2.75, 3.05) is 6.54 Å². The molecular weight excluding hydrogens is 288 g/mol. The number of aliphatic carboxylic acids is 1. The number of hydrogen-bond donors (Lipinski definition) is 1. The second-order valence-corrected chi connectivity index (χ2v) is 7.93. The second kappa shape index (κ2) is 5.56. The quantitative estimate of drug-likeness (QED) is 0.890. The van der Waals surface area contributed by atoms with Crippen LogP contribution in [-0.4, -0.2) is 41.4 Å². The summed E-state index contributed by atoms with van der Waals surface area (Å²) in [5.74, 6) is -1.13. The molecular formula is C11H16N2O4S2. The number of aromatic nitrogens is 1.